The van der Waals surface area contributed by atoms with Crippen LogP contribution in [0.3, 0.4) is 0 Å². The standard InChI is InChI=1S/C12H24OSi/c1-5-7-9-10-11-13-14(3,4)12-8-6-2/h1H,6-12H2,2-4H3. The Kier molecular flexibility index (Phi) is 7.93. The first-order chi connectivity index (χ1) is 6.62. The maximum atomic E-state index is 5.95. The first-order valence-corrected chi connectivity index (χ1v) is 8.81. The van der Waals surface area contributed by atoms with Crippen LogP contribution in [0.15, 0.2) is 0 Å². The lowest BCUT2D eigenvalue weighted by Gasteiger charge is -2.22. The number of hydrogen-bond donors (Lipinski definition) is 0. The molecule has 0 aliphatic rings. The molecule has 0 aromatic heterocycles. The largest absolute Gasteiger partial charge is 0.417 e. The Hall–Kier alpha value is -0.263. The molecule has 0 N–H and O–H groups in total. The third-order valence-corrected chi connectivity index (χ3v) is 4.88. The van der Waals surface area contributed by atoms with Crippen LogP contribution in [0, 0.1) is 12.3 Å². The van der Waals surface area contributed by atoms with E-state index in [0.717, 1.165) is 25.9 Å². The first kappa shape index (κ1) is 13.7. The van der Waals surface area contributed by atoms with E-state index >= 15 is 0 Å². The molecule has 0 saturated carbocycles. The Morgan fingerprint density at radius 3 is 2.50 bits per heavy atom. The van der Waals surface area contributed by atoms with E-state index in [1.165, 1.54) is 18.9 Å². The topological polar surface area (TPSA) is 9.23 Å². The lowest BCUT2D eigenvalue weighted by molar-refractivity contribution is 0.296. The summed E-state index contributed by atoms with van der Waals surface area (Å²) in [5.41, 5.74) is 0. The molecule has 0 rings (SSSR count). The summed E-state index contributed by atoms with van der Waals surface area (Å²) in [6.45, 7) is 7.76. The minimum atomic E-state index is -1.34. The monoisotopic (exact) mass is 212 g/mol. The van der Waals surface area contributed by atoms with Crippen LogP contribution in [0.4, 0.5) is 0 Å². The molecule has 0 heterocycles. The average molecular weight is 212 g/mol. The van der Waals surface area contributed by atoms with Crippen LogP contribution in [0.25, 0.3) is 0 Å². The Labute approximate surface area is 90.4 Å². The van der Waals surface area contributed by atoms with E-state index in [4.69, 9.17) is 10.8 Å². The van der Waals surface area contributed by atoms with E-state index in [0.29, 0.717) is 0 Å². The minimum absolute atomic E-state index is 0.889. The van der Waals surface area contributed by atoms with Crippen molar-refractivity contribution in [3.8, 4) is 12.3 Å². The van der Waals surface area contributed by atoms with Gasteiger partial charge in [0.2, 0.25) is 0 Å². The molecule has 0 amide bonds. The molecule has 0 unspecified atom stereocenters. The van der Waals surface area contributed by atoms with Crippen molar-refractivity contribution in [1.82, 2.24) is 0 Å². The third-order valence-electron chi connectivity index (χ3n) is 2.34. The van der Waals surface area contributed by atoms with Crippen molar-refractivity contribution >= 4 is 8.32 Å². The Bertz CT molecular complexity index is 170. The normalized spacial score (nSPS) is 11.3. The van der Waals surface area contributed by atoms with E-state index in [-0.39, 0.29) is 0 Å². The predicted octanol–water partition coefficient (Wildman–Crippen LogP) is 3.81. The zero-order chi connectivity index (χ0) is 10.9. The summed E-state index contributed by atoms with van der Waals surface area (Å²) >= 11 is 0. The number of rotatable bonds is 8. The number of unbranched alkanes of at least 4 members (excludes halogenated alkanes) is 3. The third kappa shape index (κ3) is 8.34. The van der Waals surface area contributed by atoms with Crippen molar-refractivity contribution in [2.45, 2.75) is 58.2 Å². The van der Waals surface area contributed by atoms with Gasteiger partial charge in [0.1, 0.15) is 0 Å². The molecule has 0 saturated heterocycles. The quantitative estimate of drug-likeness (QED) is 0.338. The van der Waals surface area contributed by atoms with Gasteiger partial charge in [-0.1, -0.05) is 19.8 Å². The highest BCUT2D eigenvalue weighted by Gasteiger charge is 2.20. The fourth-order valence-electron chi connectivity index (χ4n) is 1.35. The first-order valence-electron chi connectivity index (χ1n) is 5.70. The van der Waals surface area contributed by atoms with Crippen molar-refractivity contribution in [3.05, 3.63) is 0 Å². The van der Waals surface area contributed by atoms with E-state index in [1.807, 2.05) is 0 Å². The van der Waals surface area contributed by atoms with Gasteiger partial charge in [0.05, 0.1) is 0 Å². The molecule has 0 bridgehead atoms. The smallest absolute Gasteiger partial charge is 0.186 e. The van der Waals surface area contributed by atoms with Gasteiger partial charge in [0.25, 0.3) is 0 Å². The summed E-state index contributed by atoms with van der Waals surface area (Å²) in [5, 5.41) is 0. The van der Waals surface area contributed by atoms with Crippen LogP contribution in [-0.4, -0.2) is 14.9 Å². The van der Waals surface area contributed by atoms with Crippen LogP contribution in [0.5, 0.6) is 0 Å². The molecule has 0 fully saturated rings. The Morgan fingerprint density at radius 1 is 1.21 bits per heavy atom. The van der Waals surface area contributed by atoms with Gasteiger partial charge in [-0.15, -0.1) is 12.3 Å². The SMILES string of the molecule is C#CCCCCO[Si](C)(C)CCCC. The van der Waals surface area contributed by atoms with Gasteiger partial charge in [0.15, 0.2) is 8.32 Å². The molecule has 14 heavy (non-hydrogen) atoms. The lowest BCUT2D eigenvalue weighted by Crippen LogP contribution is -2.30. The molecular formula is C12H24OSi. The zero-order valence-electron chi connectivity index (χ0n) is 9.94. The van der Waals surface area contributed by atoms with E-state index in [9.17, 15) is 0 Å². The Balaban J connectivity index is 3.41. The molecule has 0 spiro atoms. The van der Waals surface area contributed by atoms with Crippen LogP contribution in [-0.2, 0) is 4.43 Å². The molecular weight excluding hydrogens is 188 g/mol. The van der Waals surface area contributed by atoms with Crippen LogP contribution >= 0.6 is 0 Å². The summed E-state index contributed by atoms with van der Waals surface area (Å²) in [6.07, 6.45) is 10.9. The summed E-state index contributed by atoms with van der Waals surface area (Å²) in [4.78, 5) is 0. The second kappa shape index (κ2) is 8.08. The van der Waals surface area contributed by atoms with Crippen molar-refractivity contribution in [3.63, 3.8) is 0 Å². The molecule has 0 aliphatic heterocycles. The fourth-order valence-corrected chi connectivity index (χ4v) is 3.40. The molecule has 0 aliphatic carbocycles. The second-order valence-electron chi connectivity index (χ2n) is 4.37. The van der Waals surface area contributed by atoms with Gasteiger partial charge < -0.3 is 4.43 Å². The summed E-state index contributed by atoms with van der Waals surface area (Å²) < 4.78 is 5.95. The highest BCUT2D eigenvalue weighted by Crippen LogP contribution is 2.15. The Morgan fingerprint density at radius 2 is 1.93 bits per heavy atom. The molecule has 0 aromatic rings. The summed E-state index contributed by atoms with van der Waals surface area (Å²) in [5.74, 6) is 2.66. The molecule has 0 atom stereocenters. The summed E-state index contributed by atoms with van der Waals surface area (Å²) in [7, 11) is -1.34. The van der Waals surface area contributed by atoms with Crippen LogP contribution in [0.1, 0.15) is 39.0 Å². The van der Waals surface area contributed by atoms with Gasteiger partial charge in [-0.3, -0.25) is 0 Å². The lowest BCUT2D eigenvalue weighted by atomic mass is 10.2. The highest BCUT2D eigenvalue weighted by molar-refractivity contribution is 6.71. The second-order valence-corrected chi connectivity index (χ2v) is 8.68. The molecule has 0 radical (unpaired) electrons. The molecule has 1 nitrogen and oxygen atoms in total. The number of terminal acetylenes is 1. The maximum Gasteiger partial charge on any atom is 0.186 e. The van der Waals surface area contributed by atoms with Crippen molar-refractivity contribution in [2.24, 2.45) is 0 Å². The molecule has 82 valence electrons. The van der Waals surface area contributed by atoms with Crippen molar-refractivity contribution in [1.29, 1.82) is 0 Å². The predicted molar refractivity (Wildman–Crippen MR) is 65.8 cm³/mol. The zero-order valence-corrected chi connectivity index (χ0v) is 10.9. The van der Waals surface area contributed by atoms with Crippen LogP contribution < -0.4 is 0 Å². The minimum Gasteiger partial charge on any atom is -0.417 e. The van der Waals surface area contributed by atoms with Crippen molar-refractivity contribution < 1.29 is 4.43 Å². The molecule has 2 heteroatoms. The van der Waals surface area contributed by atoms with Gasteiger partial charge in [-0.2, -0.15) is 0 Å². The fraction of sp³-hybridized carbons (Fsp3) is 0.833. The van der Waals surface area contributed by atoms with Gasteiger partial charge >= 0.3 is 0 Å². The number of hydrogen-bond acceptors (Lipinski definition) is 1. The van der Waals surface area contributed by atoms with Crippen LogP contribution in [0.2, 0.25) is 19.1 Å². The molecule has 0 aromatic carbocycles. The maximum absolute atomic E-state index is 5.95. The van der Waals surface area contributed by atoms with Crippen molar-refractivity contribution in [2.75, 3.05) is 6.61 Å². The van der Waals surface area contributed by atoms with E-state index < -0.39 is 8.32 Å². The van der Waals surface area contributed by atoms with Gasteiger partial charge in [0, 0.05) is 13.0 Å². The summed E-state index contributed by atoms with van der Waals surface area (Å²) in [6, 6.07) is 1.29. The van der Waals surface area contributed by atoms with E-state index in [2.05, 4.69) is 25.9 Å². The van der Waals surface area contributed by atoms with Gasteiger partial charge in [-0.05, 0) is 32.0 Å². The highest BCUT2D eigenvalue weighted by atomic mass is 28.4. The average Bonchev–Trinajstić information content (AvgIpc) is 2.15. The van der Waals surface area contributed by atoms with Gasteiger partial charge in [-0.25, -0.2) is 0 Å². The van der Waals surface area contributed by atoms with E-state index in [1.54, 1.807) is 0 Å².